The molecule has 0 saturated carbocycles. The monoisotopic (exact) mass is 406 g/mol. The predicted molar refractivity (Wildman–Crippen MR) is 101 cm³/mol. The van der Waals surface area contributed by atoms with E-state index in [1.54, 1.807) is 29.2 Å². The highest BCUT2D eigenvalue weighted by molar-refractivity contribution is 5.97. The first kappa shape index (κ1) is 20.7. The number of hydrogen-bond acceptors (Lipinski definition) is 3. The zero-order chi connectivity index (χ0) is 21.0. The van der Waals surface area contributed by atoms with Gasteiger partial charge in [0.15, 0.2) is 0 Å². The first-order chi connectivity index (χ1) is 13.8. The third-order valence-electron chi connectivity index (χ3n) is 4.73. The Morgan fingerprint density at radius 1 is 0.897 bits per heavy atom. The molecule has 0 N–H and O–H groups in total. The molecular formula is C21H21F3N2O3. The molecule has 0 radical (unpaired) electrons. The molecule has 29 heavy (non-hydrogen) atoms. The van der Waals surface area contributed by atoms with Crippen LogP contribution in [0.4, 0.5) is 13.2 Å². The number of carbonyl (C=O) groups is 2. The van der Waals surface area contributed by atoms with Crippen LogP contribution < -0.4 is 4.74 Å². The molecule has 1 aliphatic heterocycles. The molecule has 1 saturated heterocycles. The molecule has 0 aromatic heterocycles. The van der Waals surface area contributed by atoms with Crippen molar-refractivity contribution in [2.75, 3.05) is 32.8 Å². The Hall–Kier alpha value is -3.03. The standard InChI is InChI=1S/C21H21F3N2O3/c1-2-29-16-9-7-15(8-10-16)19(27)25-11-13-26(14-12-25)20(28)17-5-3-4-6-18(17)21(22,23)24/h3-10H,2,11-14H2,1H3. The van der Waals surface area contributed by atoms with Crippen LogP contribution in [-0.4, -0.2) is 54.4 Å². The highest BCUT2D eigenvalue weighted by Crippen LogP contribution is 2.32. The van der Waals surface area contributed by atoms with Gasteiger partial charge >= 0.3 is 6.18 Å². The van der Waals surface area contributed by atoms with Crippen molar-refractivity contribution >= 4 is 11.8 Å². The molecule has 8 heteroatoms. The summed E-state index contributed by atoms with van der Waals surface area (Å²) in [6, 6.07) is 11.5. The predicted octanol–water partition coefficient (Wildman–Crippen LogP) is 3.70. The lowest BCUT2D eigenvalue weighted by atomic mass is 10.1. The number of amides is 2. The summed E-state index contributed by atoms with van der Waals surface area (Å²) < 4.78 is 44.9. The third kappa shape index (κ3) is 4.70. The molecular weight excluding hydrogens is 385 g/mol. The molecule has 3 rings (SSSR count). The average Bonchev–Trinajstić information content (AvgIpc) is 2.73. The van der Waals surface area contributed by atoms with Gasteiger partial charge in [-0.05, 0) is 43.3 Å². The van der Waals surface area contributed by atoms with E-state index in [9.17, 15) is 22.8 Å². The van der Waals surface area contributed by atoms with Gasteiger partial charge in [-0.15, -0.1) is 0 Å². The molecule has 1 fully saturated rings. The van der Waals surface area contributed by atoms with Crippen LogP contribution in [0.15, 0.2) is 48.5 Å². The lowest BCUT2D eigenvalue weighted by molar-refractivity contribution is -0.138. The van der Waals surface area contributed by atoms with Crippen molar-refractivity contribution < 1.29 is 27.5 Å². The van der Waals surface area contributed by atoms with E-state index >= 15 is 0 Å². The van der Waals surface area contributed by atoms with Gasteiger partial charge in [0.2, 0.25) is 0 Å². The summed E-state index contributed by atoms with van der Waals surface area (Å²) >= 11 is 0. The molecule has 1 heterocycles. The molecule has 0 bridgehead atoms. The van der Waals surface area contributed by atoms with Gasteiger partial charge in [-0.25, -0.2) is 0 Å². The van der Waals surface area contributed by atoms with Crippen LogP contribution in [0.5, 0.6) is 5.75 Å². The second-order valence-electron chi connectivity index (χ2n) is 6.59. The van der Waals surface area contributed by atoms with Crippen LogP contribution in [-0.2, 0) is 6.18 Å². The number of hydrogen-bond donors (Lipinski definition) is 0. The number of nitrogens with zero attached hydrogens (tertiary/aromatic N) is 2. The summed E-state index contributed by atoms with van der Waals surface area (Å²) in [7, 11) is 0. The highest BCUT2D eigenvalue weighted by atomic mass is 19.4. The van der Waals surface area contributed by atoms with Crippen molar-refractivity contribution in [2.45, 2.75) is 13.1 Å². The van der Waals surface area contributed by atoms with Crippen molar-refractivity contribution in [3.05, 3.63) is 65.2 Å². The van der Waals surface area contributed by atoms with Crippen molar-refractivity contribution in [3.8, 4) is 5.75 Å². The lowest BCUT2D eigenvalue weighted by Crippen LogP contribution is -2.50. The highest BCUT2D eigenvalue weighted by Gasteiger charge is 2.36. The van der Waals surface area contributed by atoms with E-state index in [0.29, 0.717) is 17.9 Å². The van der Waals surface area contributed by atoms with Gasteiger partial charge in [0.1, 0.15) is 5.75 Å². The second kappa shape index (κ2) is 8.55. The number of benzene rings is 2. The van der Waals surface area contributed by atoms with Gasteiger partial charge in [-0.2, -0.15) is 13.2 Å². The van der Waals surface area contributed by atoms with E-state index in [0.717, 1.165) is 6.07 Å². The molecule has 1 aliphatic rings. The van der Waals surface area contributed by atoms with Crippen molar-refractivity contribution in [1.82, 2.24) is 9.80 Å². The fraction of sp³-hybridized carbons (Fsp3) is 0.333. The van der Waals surface area contributed by atoms with Gasteiger partial charge < -0.3 is 14.5 Å². The summed E-state index contributed by atoms with van der Waals surface area (Å²) in [5, 5.41) is 0. The number of alkyl halides is 3. The van der Waals surface area contributed by atoms with Gasteiger partial charge in [0.25, 0.3) is 11.8 Å². The topological polar surface area (TPSA) is 49.9 Å². The fourth-order valence-electron chi connectivity index (χ4n) is 3.24. The lowest BCUT2D eigenvalue weighted by Gasteiger charge is -2.35. The van der Waals surface area contributed by atoms with Crippen LogP contribution in [0.2, 0.25) is 0 Å². The van der Waals surface area contributed by atoms with Crippen LogP contribution >= 0.6 is 0 Å². The maximum Gasteiger partial charge on any atom is 0.417 e. The van der Waals surface area contributed by atoms with Gasteiger partial charge in [-0.1, -0.05) is 12.1 Å². The molecule has 2 amide bonds. The van der Waals surface area contributed by atoms with E-state index in [1.165, 1.54) is 23.1 Å². The van der Waals surface area contributed by atoms with Crippen LogP contribution in [0.25, 0.3) is 0 Å². The van der Waals surface area contributed by atoms with Crippen molar-refractivity contribution in [1.29, 1.82) is 0 Å². The number of ether oxygens (including phenoxy) is 1. The minimum absolute atomic E-state index is 0.174. The molecule has 0 atom stereocenters. The number of carbonyl (C=O) groups excluding carboxylic acids is 2. The SMILES string of the molecule is CCOc1ccc(C(=O)N2CCN(C(=O)c3ccccc3C(F)(F)F)CC2)cc1. The molecule has 154 valence electrons. The minimum Gasteiger partial charge on any atom is -0.494 e. The Morgan fingerprint density at radius 3 is 2.00 bits per heavy atom. The molecule has 0 unspecified atom stereocenters. The van der Waals surface area contributed by atoms with E-state index in [4.69, 9.17) is 4.74 Å². The van der Waals surface area contributed by atoms with E-state index in [-0.39, 0.29) is 37.6 Å². The zero-order valence-corrected chi connectivity index (χ0v) is 15.9. The summed E-state index contributed by atoms with van der Waals surface area (Å²) in [6.45, 7) is 3.26. The molecule has 0 spiro atoms. The maximum atomic E-state index is 13.2. The third-order valence-corrected chi connectivity index (χ3v) is 4.73. The van der Waals surface area contributed by atoms with Gasteiger partial charge in [0, 0.05) is 31.7 Å². The summed E-state index contributed by atoms with van der Waals surface area (Å²) in [5.74, 6) is -0.190. The normalized spacial score (nSPS) is 14.6. The fourth-order valence-corrected chi connectivity index (χ4v) is 3.24. The minimum atomic E-state index is -4.60. The Bertz CT molecular complexity index is 873. The molecule has 0 aliphatic carbocycles. The Balaban J connectivity index is 1.65. The number of halogens is 3. The van der Waals surface area contributed by atoms with Gasteiger partial charge in [0.05, 0.1) is 17.7 Å². The summed E-state index contributed by atoms with van der Waals surface area (Å²) in [5.41, 5.74) is -0.820. The summed E-state index contributed by atoms with van der Waals surface area (Å²) in [4.78, 5) is 28.2. The van der Waals surface area contributed by atoms with E-state index in [2.05, 4.69) is 0 Å². The van der Waals surface area contributed by atoms with Crippen molar-refractivity contribution in [3.63, 3.8) is 0 Å². The Morgan fingerprint density at radius 2 is 1.45 bits per heavy atom. The Labute approximate surface area is 166 Å². The first-order valence-electron chi connectivity index (χ1n) is 9.29. The summed E-state index contributed by atoms with van der Waals surface area (Å²) in [6.07, 6.45) is -4.60. The smallest absolute Gasteiger partial charge is 0.417 e. The van der Waals surface area contributed by atoms with Crippen molar-refractivity contribution in [2.24, 2.45) is 0 Å². The number of piperazine rings is 1. The second-order valence-corrected chi connectivity index (χ2v) is 6.59. The molecule has 2 aromatic rings. The van der Waals surface area contributed by atoms with Crippen LogP contribution in [0, 0.1) is 0 Å². The van der Waals surface area contributed by atoms with E-state index < -0.39 is 17.6 Å². The van der Waals surface area contributed by atoms with E-state index in [1.807, 2.05) is 6.92 Å². The average molecular weight is 406 g/mol. The molecule has 5 nitrogen and oxygen atoms in total. The number of rotatable bonds is 4. The molecule has 2 aromatic carbocycles. The van der Waals surface area contributed by atoms with Crippen LogP contribution in [0.3, 0.4) is 0 Å². The Kier molecular flexibility index (Phi) is 6.10. The zero-order valence-electron chi connectivity index (χ0n) is 15.9. The quantitative estimate of drug-likeness (QED) is 0.778. The maximum absolute atomic E-state index is 13.2. The van der Waals surface area contributed by atoms with Crippen LogP contribution in [0.1, 0.15) is 33.2 Å². The largest absolute Gasteiger partial charge is 0.494 e. The first-order valence-corrected chi connectivity index (χ1v) is 9.29. The van der Waals surface area contributed by atoms with Gasteiger partial charge in [-0.3, -0.25) is 9.59 Å².